The summed E-state index contributed by atoms with van der Waals surface area (Å²) >= 11 is 12.3. The monoisotopic (exact) mass is 521 g/mol. The maximum Gasteiger partial charge on any atom is 0.225 e. The van der Waals surface area contributed by atoms with Crippen LogP contribution in [-0.4, -0.2) is 34.7 Å². The zero-order valence-corrected chi connectivity index (χ0v) is 20.1. The van der Waals surface area contributed by atoms with Crippen molar-refractivity contribution >= 4 is 34.1 Å². The molecule has 0 spiro atoms. The van der Waals surface area contributed by atoms with Crippen molar-refractivity contribution in [3.63, 3.8) is 0 Å². The van der Waals surface area contributed by atoms with Gasteiger partial charge in [-0.15, -0.1) is 10.2 Å². The summed E-state index contributed by atoms with van der Waals surface area (Å²) in [5.41, 5.74) is 2.96. The van der Waals surface area contributed by atoms with E-state index in [2.05, 4.69) is 20.6 Å². The number of rotatable bonds is 4. The average molecular weight is 522 g/mol. The largest absolute Gasteiger partial charge is 0.351 e. The molecule has 3 aromatic heterocycles. The topological polar surface area (TPSA) is 77.2 Å². The summed E-state index contributed by atoms with van der Waals surface area (Å²) < 4.78 is 33.2. The van der Waals surface area contributed by atoms with Crippen LogP contribution in [-0.2, 0) is 7.05 Å². The molecule has 36 heavy (non-hydrogen) atoms. The summed E-state index contributed by atoms with van der Waals surface area (Å²) in [7, 11) is 1.94. The van der Waals surface area contributed by atoms with Crippen molar-refractivity contribution in [3.05, 3.63) is 88.5 Å². The van der Waals surface area contributed by atoms with Gasteiger partial charge in [0.2, 0.25) is 5.82 Å². The van der Waals surface area contributed by atoms with Gasteiger partial charge in [-0.2, -0.15) is 5.21 Å². The van der Waals surface area contributed by atoms with Gasteiger partial charge in [-0.25, -0.2) is 13.8 Å². The molecule has 0 aliphatic carbocycles. The Kier molecular flexibility index (Phi) is 5.31. The van der Waals surface area contributed by atoms with Gasteiger partial charge in [0.05, 0.1) is 21.4 Å². The van der Waals surface area contributed by atoms with Crippen LogP contribution in [0.4, 0.5) is 8.78 Å². The first-order valence-electron chi connectivity index (χ1n) is 10.7. The molecule has 178 valence electrons. The Balaban J connectivity index is 1.75. The lowest BCUT2D eigenvalue weighted by molar-refractivity contribution is 0.619. The summed E-state index contributed by atoms with van der Waals surface area (Å²) in [4.78, 5) is 4.84. The third kappa shape index (κ3) is 3.55. The van der Waals surface area contributed by atoms with Gasteiger partial charge in [-0.3, -0.25) is 4.57 Å². The number of fused-ring (bicyclic) bond motifs is 1. The molecule has 6 rings (SSSR count). The maximum atomic E-state index is 15.5. The van der Waals surface area contributed by atoms with E-state index >= 15 is 4.39 Å². The number of imidazole rings is 1. The summed E-state index contributed by atoms with van der Waals surface area (Å²) in [6.45, 7) is 0. The van der Waals surface area contributed by atoms with E-state index in [1.54, 1.807) is 16.7 Å². The molecule has 0 amide bonds. The number of hydrogen-bond donors (Lipinski definition) is 1. The molecular formula is C25H15Cl2F2N7. The van der Waals surface area contributed by atoms with Gasteiger partial charge in [-0.1, -0.05) is 41.4 Å². The van der Waals surface area contributed by atoms with Crippen LogP contribution in [0.15, 0.2) is 66.9 Å². The van der Waals surface area contributed by atoms with Gasteiger partial charge in [0, 0.05) is 29.9 Å². The SMILES string of the molecule is Cn1ccc2ccc(-c3nc(-c4nn[nH]n4)c(-c4ccc(F)c(Cl)c4)n3-c3cccc(Cl)c3F)cc21. The minimum atomic E-state index is -0.646. The first-order valence-corrected chi connectivity index (χ1v) is 11.5. The number of halogens is 4. The summed E-state index contributed by atoms with van der Waals surface area (Å²) in [5.74, 6) is -0.662. The molecule has 0 saturated heterocycles. The Bertz CT molecular complexity index is 1760. The Labute approximate surface area is 212 Å². The summed E-state index contributed by atoms with van der Waals surface area (Å²) in [6.07, 6.45) is 1.95. The molecular weight excluding hydrogens is 507 g/mol. The van der Waals surface area contributed by atoms with Gasteiger partial charge in [0.25, 0.3) is 0 Å². The third-order valence-electron chi connectivity index (χ3n) is 5.95. The molecule has 11 heteroatoms. The number of benzene rings is 3. The minimum Gasteiger partial charge on any atom is -0.351 e. The standard InChI is InChI=1S/C25H15Cl2F2N7/c1-35-10-9-13-5-6-15(12-20(13)35)25-30-22(24-31-33-34-32-24)23(14-7-8-18(28)17(27)11-14)36(25)19-4-2-3-16(26)21(19)29/h2-12H,1H3,(H,31,32,33,34). The van der Waals surface area contributed by atoms with Crippen LogP contribution in [0, 0.1) is 11.6 Å². The Morgan fingerprint density at radius 2 is 1.75 bits per heavy atom. The minimum absolute atomic E-state index is 0.0609. The van der Waals surface area contributed by atoms with E-state index in [9.17, 15) is 4.39 Å². The van der Waals surface area contributed by atoms with Crippen molar-refractivity contribution < 1.29 is 8.78 Å². The second kappa shape index (κ2) is 8.54. The highest BCUT2D eigenvalue weighted by atomic mass is 35.5. The molecule has 0 bridgehead atoms. The van der Waals surface area contributed by atoms with Gasteiger partial charge in [0.15, 0.2) is 5.82 Å². The predicted molar refractivity (Wildman–Crippen MR) is 134 cm³/mol. The summed E-state index contributed by atoms with van der Waals surface area (Å²) in [6, 6.07) is 16.7. The van der Waals surface area contributed by atoms with E-state index in [0.29, 0.717) is 28.3 Å². The van der Waals surface area contributed by atoms with Crippen LogP contribution in [0.3, 0.4) is 0 Å². The molecule has 0 aliphatic rings. The first kappa shape index (κ1) is 22.4. The predicted octanol–water partition coefficient (Wildman–Crippen LogP) is 6.46. The highest BCUT2D eigenvalue weighted by Gasteiger charge is 2.27. The maximum absolute atomic E-state index is 15.5. The Hall–Kier alpha value is -4.08. The highest BCUT2D eigenvalue weighted by Crippen LogP contribution is 2.40. The number of aromatic nitrogens is 7. The van der Waals surface area contributed by atoms with E-state index in [4.69, 9.17) is 28.2 Å². The lowest BCUT2D eigenvalue weighted by Gasteiger charge is -2.15. The van der Waals surface area contributed by atoms with Crippen molar-refractivity contribution in [2.75, 3.05) is 0 Å². The smallest absolute Gasteiger partial charge is 0.225 e. The van der Waals surface area contributed by atoms with Crippen LogP contribution >= 0.6 is 23.2 Å². The molecule has 0 radical (unpaired) electrons. The molecule has 7 nitrogen and oxygen atoms in total. The van der Waals surface area contributed by atoms with Crippen molar-refractivity contribution in [3.8, 4) is 39.9 Å². The molecule has 0 fully saturated rings. The number of nitrogens with zero attached hydrogens (tertiary/aromatic N) is 6. The number of aryl methyl sites for hydroxylation is 1. The van der Waals surface area contributed by atoms with Crippen molar-refractivity contribution in [1.82, 2.24) is 34.7 Å². The van der Waals surface area contributed by atoms with Crippen molar-refractivity contribution in [2.24, 2.45) is 7.05 Å². The molecule has 3 heterocycles. The molecule has 0 saturated carbocycles. The zero-order valence-electron chi connectivity index (χ0n) is 18.5. The average Bonchev–Trinajstić information content (AvgIpc) is 3.61. The second-order valence-corrected chi connectivity index (χ2v) is 8.92. The van der Waals surface area contributed by atoms with E-state index in [-0.39, 0.29) is 21.6 Å². The third-order valence-corrected chi connectivity index (χ3v) is 6.53. The fourth-order valence-electron chi connectivity index (χ4n) is 4.24. The zero-order chi connectivity index (χ0) is 25.0. The van der Waals surface area contributed by atoms with Gasteiger partial charge in [0.1, 0.15) is 17.3 Å². The van der Waals surface area contributed by atoms with E-state index in [0.717, 1.165) is 10.9 Å². The number of tetrazole rings is 1. The molecule has 0 unspecified atom stereocenters. The number of aromatic amines is 1. The molecule has 0 atom stereocenters. The van der Waals surface area contributed by atoms with Crippen LogP contribution < -0.4 is 0 Å². The second-order valence-electron chi connectivity index (χ2n) is 8.11. The lowest BCUT2D eigenvalue weighted by Crippen LogP contribution is -2.04. The van der Waals surface area contributed by atoms with Crippen LogP contribution in [0.25, 0.3) is 50.8 Å². The van der Waals surface area contributed by atoms with Crippen molar-refractivity contribution in [1.29, 1.82) is 0 Å². The van der Waals surface area contributed by atoms with Crippen molar-refractivity contribution in [2.45, 2.75) is 0 Å². The van der Waals surface area contributed by atoms with Gasteiger partial charge < -0.3 is 4.57 Å². The molecule has 3 aromatic carbocycles. The number of hydrogen-bond acceptors (Lipinski definition) is 4. The van der Waals surface area contributed by atoms with E-state index in [1.807, 2.05) is 42.1 Å². The van der Waals surface area contributed by atoms with E-state index in [1.165, 1.54) is 24.3 Å². The first-order chi connectivity index (χ1) is 17.4. The van der Waals surface area contributed by atoms with Crippen LogP contribution in [0.1, 0.15) is 0 Å². The number of nitrogens with one attached hydrogen (secondary N) is 1. The van der Waals surface area contributed by atoms with Crippen LogP contribution in [0.2, 0.25) is 10.0 Å². The lowest BCUT2D eigenvalue weighted by atomic mass is 10.1. The summed E-state index contributed by atoms with van der Waals surface area (Å²) in [5, 5.41) is 15.1. The molecule has 6 aromatic rings. The van der Waals surface area contributed by atoms with Crippen LogP contribution in [0.5, 0.6) is 0 Å². The Morgan fingerprint density at radius 1 is 0.917 bits per heavy atom. The fourth-order valence-corrected chi connectivity index (χ4v) is 4.59. The Morgan fingerprint density at radius 3 is 2.53 bits per heavy atom. The quantitative estimate of drug-likeness (QED) is 0.288. The molecule has 1 N–H and O–H groups in total. The van der Waals surface area contributed by atoms with Gasteiger partial charge >= 0.3 is 0 Å². The van der Waals surface area contributed by atoms with E-state index < -0.39 is 11.6 Å². The molecule has 0 aliphatic heterocycles. The number of H-pyrrole nitrogens is 1. The normalized spacial score (nSPS) is 11.5. The highest BCUT2D eigenvalue weighted by molar-refractivity contribution is 6.31. The fraction of sp³-hybridized carbons (Fsp3) is 0.0400. The van der Waals surface area contributed by atoms with Gasteiger partial charge in [-0.05, 0) is 53.1 Å².